The van der Waals surface area contributed by atoms with Crippen molar-refractivity contribution in [2.45, 2.75) is 6.42 Å². The quantitative estimate of drug-likeness (QED) is 0.359. The maximum Gasteiger partial charge on any atom is 0.227 e. The molecule has 6 nitrogen and oxygen atoms in total. The lowest BCUT2D eigenvalue weighted by Crippen LogP contribution is -2.28. The van der Waals surface area contributed by atoms with Crippen molar-refractivity contribution in [3.63, 3.8) is 0 Å². The van der Waals surface area contributed by atoms with E-state index in [4.69, 9.17) is 15.7 Å². The minimum absolute atomic E-state index is 0.0418. The Balaban J connectivity index is 2.21. The van der Waals surface area contributed by atoms with Gasteiger partial charge in [-0.2, -0.15) is 0 Å². The third-order valence-corrected chi connectivity index (χ3v) is 3.02. The van der Waals surface area contributed by atoms with Crippen molar-refractivity contribution in [3.05, 3.63) is 24.3 Å². The van der Waals surface area contributed by atoms with E-state index in [0.29, 0.717) is 12.3 Å². The van der Waals surface area contributed by atoms with Gasteiger partial charge in [0.1, 0.15) is 11.6 Å². The van der Waals surface area contributed by atoms with E-state index in [-0.39, 0.29) is 24.1 Å². The minimum Gasteiger partial charge on any atom is -0.497 e. The summed E-state index contributed by atoms with van der Waals surface area (Å²) in [6.07, 6.45) is 0.257. The molecule has 1 heterocycles. The van der Waals surface area contributed by atoms with Crippen LogP contribution in [0, 0.1) is 5.92 Å². The number of amides is 1. The summed E-state index contributed by atoms with van der Waals surface area (Å²) in [4.78, 5) is 13.5. The Hall–Kier alpha value is -2.24. The first-order valence-corrected chi connectivity index (χ1v) is 5.57. The molecule has 18 heavy (non-hydrogen) atoms. The monoisotopic (exact) mass is 249 g/mol. The van der Waals surface area contributed by atoms with Crippen LogP contribution >= 0.6 is 0 Å². The largest absolute Gasteiger partial charge is 0.497 e. The summed E-state index contributed by atoms with van der Waals surface area (Å²) in [5.74, 6) is 0.495. The molecule has 1 aromatic rings. The van der Waals surface area contributed by atoms with E-state index >= 15 is 0 Å². The summed E-state index contributed by atoms with van der Waals surface area (Å²) >= 11 is 0. The first-order chi connectivity index (χ1) is 8.65. The van der Waals surface area contributed by atoms with Gasteiger partial charge in [-0.05, 0) is 12.1 Å². The molecule has 0 saturated carbocycles. The predicted octanol–water partition coefficient (Wildman–Crippen LogP) is 0.794. The van der Waals surface area contributed by atoms with Crippen LogP contribution in [0.1, 0.15) is 6.42 Å². The van der Waals surface area contributed by atoms with Gasteiger partial charge in [0.15, 0.2) is 0 Å². The van der Waals surface area contributed by atoms with Gasteiger partial charge in [0.2, 0.25) is 5.91 Å². The number of carbonyl (C=O) groups excluding carboxylic acids is 1. The Labute approximate surface area is 105 Å². The molecule has 1 aliphatic heterocycles. The molecule has 0 bridgehead atoms. The number of hydrogen-bond donors (Lipinski definition) is 2. The number of oxime groups is 1. The van der Waals surface area contributed by atoms with Crippen molar-refractivity contribution in [2.24, 2.45) is 16.8 Å². The summed E-state index contributed by atoms with van der Waals surface area (Å²) in [5, 5.41) is 11.6. The molecule has 2 rings (SSSR count). The Bertz CT molecular complexity index is 487. The highest BCUT2D eigenvalue weighted by atomic mass is 16.5. The van der Waals surface area contributed by atoms with Crippen molar-refractivity contribution in [1.82, 2.24) is 0 Å². The molecule has 1 saturated heterocycles. The molecular weight excluding hydrogens is 234 g/mol. The fourth-order valence-electron chi connectivity index (χ4n) is 2.02. The number of methoxy groups -OCH3 is 1. The highest BCUT2D eigenvalue weighted by Gasteiger charge is 2.33. The number of nitrogens with two attached hydrogens (primary N) is 1. The van der Waals surface area contributed by atoms with E-state index in [1.807, 2.05) is 18.2 Å². The summed E-state index contributed by atoms with van der Waals surface area (Å²) in [6, 6.07) is 7.24. The van der Waals surface area contributed by atoms with Crippen molar-refractivity contribution >= 4 is 17.4 Å². The second-order valence-corrected chi connectivity index (χ2v) is 4.13. The summed E-state index contributed by atoms with van der Waals surface area (Å²) in [7, 11) is 1.57. The summed E-state index contributed by atoms with van der Waals surface area (Å²) in [6.45, 7) is 0.419. The highest BCUT2D eigenvalue weighted by molar-refractivity contribution is 6.01. The fraction of sp³-hybridized carbons (Fsp3) is 0.333. The zero-order chi connectivity index (χ0) is 13.1. The van der Waals surface area contributed by atoms with Crippen molar-refractivity contribution in [3.8, 4) is 5.75 Å². The second kappa shape index (κ2) is 4.95. The van der Waals surface area contributed by atoms with Crippen molar-refractivity contribution in [1.29, 1.82) is 0 Å². The molecule has 1 amide bonds. The van der Waals surface area contributed by atoms with Crippen LogP contribution in [0.3, 0.4) is 0 Å². The van der Waals surface area contributed by atoms with Gasteiger partial charge < -0.3 is 20.6 Å². The third kappa shape index (κ3) is 2.22. The maximum atomic E-state index is 11.9. The molecule has 1 aromatic carbocycles. The van der Waals surface area contributed by atoms with E-state index in [1.165, 1.54) is 0 Å². The smallest absolute Gasteiger partial charge is 0.227 e. The number of amidine groups is 1. The average Bonchev–Trinajstić information content (AvgIpc) is 2.80. The van der Waals surface area contributed by atoms with E-state index in [0.717, 1.165) is 5.69 Å². The van der Waals surface area contributed by atoms with Gasteiger partial charge in [0.25, 0.3) is 0 Å². The van der Waals surface area contributed by atoms with Crippen LogP contribution in [-0.2, 0) is 4.79 Å². The average molecular weight is 249 g/mol. The summed E-state index contributed by atoms with van der Waals surface area (Å²) < 4.78 is 5.12. The predicted molar refractivity (Wildman–Crippen MR) is 66.9 cm³/mol. The molecule has 96 valence electrons. The zero-order valence-corrected chi connectivity index (χ0v) is 10.0. The van der Waals surface area contributed by atoms with Crippen LogP contribution in [0.4, 0.5) is 5.69 Å². The fourth-order valence-corrected chi connectivity index (χ4v) is 2.02. The van der Waals surface area contributed by atoms with Gasteiger partial charge in [-0.3, -0.25) is 4.79 Å². The van der Waals surface area contributed by atoms with Crippen LogP contribution in [-0.4, -0.2) is 30.6 Å². The lowest BCUT2D eigenvalue weighted by atomic mass is 10.1. The zero-order valence-electron chi connectivity index (χ0n) is 10.0. The maximum absolute atomic E-state index is 11.9. The molecule has 1 fully saturated rings. The van der Waals surface area contributed by atoms with E-state index in [2.05, 4.69) is 5.16 Å². The molecule has 0 aliphatic carbocycles. The van der Waals surface area contributed by atoms with Gasteiger partial charge in [-0.25, -0.2) is 0 Å². The van der Waals surface area contributed by atoms with Crippen molar-refractivity contribution in [2.75, 3.05) is 18.6 Å². The molecule has 1 atom stereocenters. The first kappa shape index (κ1) is 12.2. The molecule has 0 aromatic heterocycles. The Morgan fingerprint density at radius 3 is 3.06 bits per heavy atom. The first-order valence-electron chi connectivity index (χ1n) is 5.57. The van der Waals surface area contributed by atoms with Crippen LogP contribution in [0.15, 0.2) is 29.4 Å². The van der Waals surface area contributed by atoms with Gasteiger partial charge in [-0.1, -0.05) is 11.2 Å². The lowest BCUT2D eigenvalue weighted by molar-refractivity contribution is -0.117. The Kier molecular flexibility index (Phi) is 3.36. The van der Waals surface area contributed by atoms with E-state index in [1.54, 1.807) is 18.1 Å². The SMILES string of the molecule is COc1cccc(N2C[C@@H](/C(N)=N\O)CC2=O)c1. The molecule has 1 aliphatic rings. The molecule has 0 unspecified atom stereocenters. The van der Waals surface area contributed by atoms with Gasteiger partial charge >= 0.3 is 0 Å². The van der Waals surface area contributed by atoms with E-state index in [9.17, 15) is 4.79 Å². The van der Waals surface area contributed by atoms with Gasteiger partial charge in [-0.15, -0.1) is 0 Å². The number of ether oxygens (including phenoxy) is 1. The van der Waals surface area contributed by atoms with Crippen LogP contribution in [0.25, 0.3) is 0 Å². The third-order valence-electron chi connectivity index (χ3n) is 3.02. The standard InChI is InChI=1S/C12H15N3O3/c1-18-10-4-2-3-9(6-10)15-7-8(5-11(15)16)12(13)14-17/h2-4,6,8,17H,5,7H2,1H3,(H2,13,14)/t8-/m0/s1. The number of hydrogen-bond acceptors (Lipinski definition) is 4. The number of benzene rings is 1. The van der Waals surface area contributed by atoms with Gasteiger partial charge in [0.05, 0.1) is 7.11 Å². The van der Waals surface area contributed by atoms with Crippen LogP contribution in [0.5, 0.6) is 5.75 Å². The number of rotatable bonds is 3. The summed E-state index contributed by atoms with van der Waals surface area (Å²) in [5.41, 5.74) is 6.29. The Morgan fingerprint density at radius 1 is 1.61 bits per heavy atom. The normalized spacial score (nSPS) is 20.3. The number of anilines is 1. The number of carbonyl (C=O) groups is 1. The lowest BCUT2D eigenvalue weighted by Gasteiger charge is -2.17. The van der Waals surface area contributed by atoms with Crippen molar-refractivity contribution < 1.29 is 14.7 Å². The van der Waals surface area contributed by atoms with Crippen LogP contribution in [0.2, 0.25) is 0 Å². The minimum atomic E-state index is -0.242. The second-order valence-electron chi connectivity index (χ2n) is 4.13. The highest BCUT2D eigenvalue weighted by Crippen LogP contribution is 2.27. The molecule has 6 heteroatoms. The van der Waals surface area contributed by atoms with Gasteiger partial charge in [0, 0.05) is 30.6 Å². The number of nitrogens with zero attached hydrogens (tertiary/aromatic N) is 2. The van der Waals surface area contributed by atoms with E-state index < -0.39 is 0 Å². The molecule has 0 radical (unpaired) electrons. The molecular formula is C12H15N3O3. The topological polar surface area (TPSA) is 88.2 Å². The van der Waals surface area contributed by atoms with Crippen LogP contribution < -0.4 is 15.4 Å². The molecule has 3 N–H and O–H groups in total. The molecule has 0 spiro atoms. The Morgan fingerprint density at radius 2 is 2.39 bits per heavy atom.